The molecule has 0 aliphatic carbocycles. The number of likely N-dealkylation sites (N-methyl/N-ethyl adjacent to an activating group) is 1. The first-order chi connectivity index (χ1) is 19.0. The van der Waals surface area contributed by atoms with Gasteiger partial charge in [0.05, 0.1) is 10.6 Å². The maximum Gasteiger partial charge on any atom is 0.267 e. The molecule has 4 rings (SSSR count). The van der Waals surface area contributed by atoms with Crippen molar-refractivity contribution in [1.29, 1.82) is 0 Å². The number of thioether (sulfide) groups is 1. The van der Waals surface area contributed by atoms with E-state index >= 15 is 0 Å². The molecule has 0 radical (unpaired) electrons. The number of phenolic OH excluding ortho intramolecular Hbond substituents is 2. The first-order valence-corrected chi connectivity index (χ1v) is 14.4. The molecule has 204 valence electrons. The van der Waals surface area contributed by atoms with E-state index in [0.717, 1.165) is 34.8 Å². The van der Waals surface area contributed by atoms with Crippen LogP contribution in [-0.2, 0) is 17.1 Å². The minimum Gasteiger partial charge on any atom is -0.508 e. The van der Waals surface area contributed by atoms with Gasteiger partial charge in [0, 0.05) is 49.7 Å². The van der Waals surface area contributed by atoms with E-state index in [0.29, 0.717) is 25.4 Å². The molecule has 39 heavy (non-hydrogen) atoms. The fraction of sp³-hybridized carbons (Fsp3) is 0.281. The Bertz CT molecular complexity index is 1270. The van der Waals surface area contributed by atoms with Crippen LogP contribution in [0, 0.1) is 0 Å². The average molecular weight is 544 g/mol. The van der Waals surface area contributed by atoms with Gasteiger partial charge in [0.2, 0.25) is 0 Å². The Morgan fingerprint density at radius 2 is 1.64 bits per heavy atom. The highest BCUT2D eigenvalue weighted by molar-refractivity contribution is 8.03. The Balaban J connectivity index is 1.59. The smallest absolute Gasteiger partial charge is 0.267 e. The lowest BCUT2D eigenvalue weighted by molar-refractivity contribution is -0.115. The van der Waals surface area contributed by atoms with E-state index in [1.54, 1.807) is 23.9 Å². The van der Waals surface area contributed by atoms with Gasteiger partial charge in [-0.3, -0.25) is 4.79 Å². The molecule has 0 aromatic heterocycles. The molecule has 1 atom stereocenters. The van der Waals surface area contributed by atoms with Crippen molar-refractivity contribution in [2.24, 2.45) is 0 Å². The highest BCUT2D eigenvalue weighted by atomic mass is 32.2. The molecule has 0 spiro atoms. The van der Waals surface area contributed by atoms with Crippen molar-refractivity contribution in [2.75, 3.05) is 24.5 Å². The third-order valence-corrected chi connectivity index (χ3v) is 7.82. The van der Waals surface area contributed by atoms with Gasteiger partial charge in [-0.15, -0.1) is 11.8 Å². The zero-order chi connectivity index (χ0) is 27.6. The van der Waals surface area contributed by atoms with Gasteiger partial charge < -0.3 is 25.3 Å². The Kier molecular flexibility index (Phi) is 10.1. The number of anilines is 1. The highest BCUT2D eigenvalue weighted by Gasteiger charge is 2.29. The van der Waals surface area contributed by atoms with Crippen molar-refractivity contribution in [3.8, 4) is 11.5 Å². The summed E-state index contributed by atoms with van der Waals surface area (Å²) in [6.07, 6.45) is 5.05. The first kappa shape index (κ1) is 28.3. The molecule has 0 saturated carbocycles. The van der Waals surface area contributed by atoms with E-state index in [1.807, 2.05) is 53.4 Å². The first-order valence-electron chi connectivity index (χ1n) is 13.4. The van der Waals surface area contributed by atoms with E-state index in [-0.39, 0.29) is 23.4 Å². The number of benzene rings is 3. The van der Waals surface area contributed by atoms with Crippen LogP contribution in [0.15, 0.2) is 102 Å². The largest absolute Gasteiger partial charge is 0.508 e. The minimum absolute atomic E-state index is 0.0237. The zero-order valence-electron chi connectivity index (χ0n) is 22.6. The van der Waals surface area contributed by atoms with Gasteiger partial charge >= 0.3 is 0 Å². The Morgan fingerprint density at radius 1 is 0.974 bits per heavy atom. The number of amides is 1. The van der Waals surface area contributed by atoms with Crippen LogP contribution in [0.2, 0.25) is 0 Å². The van der Waals surface area contributed by atoms with Crippen LogP contribution in [0.5, 0.6) is 11.5 Å². The third kappa shape index (κ3) is 7.68. The molecule has 0 bridgehead atoms. The third-order valence-electron chi connectivity index (χ3n) is 6.67. The van der Waals surface area contributed by atoms with Crippen LogP contribution in [0.1, 0.15) is 31.4 Å². The van der Waals surface area contributed by atoms with Crippen LogP contribution < -0.4 is 10.2 Å². The maximum atomic E-state index is 14.3. The fourth-order valence-electron chi connectivity index (χ4n) is 4.71. The van der Waals surface area contributed by atoms with E-state index in [9.17, 15) is 15.0 Å². The lowest BCUT2D eigenvalue weighted by Crippen LogP contribution is -2.41. The number of hydrogen-bond donors (Lipinski definition) is 3. The van der Waals surface area contributed by atoms with Gasteiger partial charge in [-0.05, 0) is 61.7 Å². The molecule has 0 fully saturated rings. The maximum absolute atomic E-state index is 14.3. The van der Waals surface area contributed by atoms with Crippen molar-refractivity contribution in [2.45, 2.75) is 38.6 Å². The Morgan fingerprint density at radius 3 is 2.31 bits per heavy atom. The van der Waals surface area contributed by atoms with Gasteiger partial charge in [-0.25, -0.2) is 0 Å². The summed E-state index contributed by atoms with van der Waals surface area (Å²) in [7, 11) is 0. The van der Waals surface area contributed by atoms with Gasteiger partial charge in [0.15, 0.2) is 0 Å². The molecule has 1 aliphatic rings. The van der Waals surface area contributed by atoms with Gasteiger partial charge in [-0.1, -0.05) is 54.6 Å². The van der Waals surface area contributed by atoms with Crippen molar-refractivity contribution < 1.29 is 15.0 Å². The number of hydrogen-bond acceptors (Lipinski definition) is 6. The zero-order valence-corrected chi connectivity index (χ0v) is 23.4. The molecular formula is C32H37N3O3S. The SMILES string of the molecule is CCN(CCNCc1cc(O)cc(O)c1)C1=C(\SCc2ccccc2)C(=O)N(c2ccccc2)C(C)C\C=C\1. The summed E-state index contributed by atoms with van der Waals surface area (Å²) in [6, 6.07) is 24.8. The highest BCUT2D eigenvalue weighted by Crippen LogP contribution is 2.33. The van der Waals surface area contributed by atoms with Crippen molar-refractivity contribution >= 4 is 23.4 Å². The summed E-state index contributed by atoms with van der Waals surface area (Å²) in [5.41, 5.74) is 3.82. The van der Waals surface area contributed by atoms with Crippen LogP contribution in [0.25, 0.3) is 0 Å². The van der Waals surface area contributed by atoms with Crippen molar-refractivity contribution in [3.05, 3.63) is 113 Å². The second-order valence-corrected chi connectivity index (χ2v) is 10.6. The predicted octanol–water partition coefficient (Wildman–Crippen LogP) is 6.04. The average Bonchev–Trinajstić information content (AvgIpc) is 2.92. The molecule has 3 aromatic rings. The summed E-state index contributed by atoms with van der Waals surface area (Å²) < 4.78 is 0. The monoisotopic (exact) mass is 543 g/mol. The van der Waals surface area contributed by atoms with E-state index in [2.05, 4.69) is 48.3 Å². The minimum atomic E-state index is 0.0237. The summed E-state index contributed by atoms with van der Waals surface area (Å²) in [6.45, 7) is 6.84. The second-order valence-electron chi connectivity index (χ2n) is 9.60. The second kappa shape index (κ2) is 13.9. The topological polar surface area (TPSA) is 76.0 Å². The summed E-state index contributed by atoms with van der Waals surface area (Å²) in [5, 5.41) is 22.9. The Labute approximate surface area is 235 Å². The molecule has 1 aliphatic heterocycles. The van der Waals surface area contributed by atoms with Gasteiger partial charge in [0.25, 0.3) is 5.91 Å². The number of nitrogens with zero attached hydrogens (tertiary/aromatic N) is 2. The summed E-state index contributed by atoms with van der Waals surface area (Å²) in [5.74, 6) is 0.813. The number of aromatic hydroxyl groups is 2. The standard InChI is InChI=1S/C32H37N3O3S/c1-3-34(18-17-33-22-26-19-28(36)21-29(37)20-26)30-16-10-11-24(2)35(27-14-8-5-9-15-27)32(38)31(30)39-23-25-12-6-4-7-13-25/h4-10,12-16,19-21,24,33,36-37H,3,11,17-18,22-23H2,1-2H3/b16-10+,31-30-. The lowest BCUT2D eigenvalue weighted by Gasteiger charge is -2.34. The molecule has 3 aromatic carbocycles. The van der Waals surface area contributed by atoms with Crippen LogP contribution in [-0.4, -0.2) is 46.7 Å². The number of carbonyl (C=O) groups is 1. The van der Waals surface area contributed by atoms with Crippen molar-refractivity contribution in [3.63, 3.8) is 0 Å². The molecular weight excluding hydrogens is 506 g/mol. The number of rotatable bonds is 11. The molecule has 6 nitrogen and oxygen atoms in total. The van der Waals surface area contributed by atoms with E-state index < -0.39 is 0 Å². The molecule has 1 unspecified atom stereocenters. The van der Waals surface area contributed by atoms with E-state index in [4.69, 9.17) is 0 Å². The number of phenols is 2. The van der Waals surface area contributed by atoms with Crippen molar-refractivity contribution in [1.82, 2.24) is 10.2 Å². The van der Waals surface area contributed by atoms with Crippen LogP contribution in [0.4, 0.5) is 5.69 Å². The number of nitrogens with one attached hydrogen (secondary N) is 1. The summed E-state index contributed by atoms with van der Waals surface area (Å²) >= 11 is 1.59. The molecule has 0 saturated heterocycles. The summed E-state index contributed by atoms with van der Waals surface area (Å²) in [4.78, 5) is 19.2. The molecule has 3 N–H and O–H groups in total. The van der Waals surface area contributed by atoms with Crippen LogP contribution in [0.3, 0.4) is 0 Å². The quantitative estimate of drug-likeness (QED) is 0.256. The predicted molar refractivity (Wildman–Crippen MR) is 161 cm³/mol. The number of para-hydroxylation sites is 1. The number of carbonyl (C=O) groups excluding carboxylic acids is 1. The number of allylic oxidation sites excluding steroid dienone is 1. The van der Waals surface area contributed by atoms with Gasteiger partial charge in [0.1, 0.15) is 11.5 Å². The Hall–Kier alpha value is -3.68. The normalized spacial score (nSPS) is 18.5. The molecule has 1 amide bonds. The van der Waals surface area contributed by atoms with E-state index in [1.165, 1.54) is 11.6 Å². The lowest BCUT2D eigenvalue weighted by atomic mass is 10.1. The molecule has 1 heterocycles. The van der Waals surface area contributed by atoms with Gasteiger partial charge in [-0.2, -0.15) is 0 Å². The fourth-order valence-corrected chi connectivity index (χ4v) is 5.78. The molecule has 7 heteroatoms. The van der Waals surface area contributed by atoms with Crippen LogP contribution >= 0.6 is 11.8 Å².